The lowest BCUT2D eigenvalue weighted by molar-refractivity contribution is -0.143. The molecule has 0 spiro atoms. The van der Waals surface area contributed by atoms with Crippen molar-refractivity contribution in [3.8, 4) is 0 Å². The van der Waals surface area contributed by atoms with Crippen molar-refractivity contribution < 1.29 is 9.59 Å². The molecule has 0 aromatic carbocycles. The van der Waals surface area contributed by atoms with Crippen molar-refractivity contribution in [3.05, 3.63) is 0 Å². The molecule has 2 atom stereocenters. The largest absolute Gasteiger partial charge is 0.340 e. The van der Waals surface area contributed by atoms with Gasteiger partial charge in [-0.15, -0.1) is 11.8 Å². The Morgan fingerprint density at radius 2 is 2.10 bits per heavy atom. The lowest BCUT2D eigenvalue weighted by atomic mass is 10.2. The molecule has 2 unspecified atom stereocenters. The van der Waals surface area contributed by atoms with E-state index in [0.717, 1.165) is 44.8 Å². The number of carbonyl (C=O) groups is 2. The summed E-state index contributed by atoms with van der Waals surface area (Å²) in [5, 5.41) is 0. The Bertz CT molecular complexity index is 431. The van der Waals surface area contributed by atoms with Crippen LogP contribution < -0.4 is 0 Å². The Balaban J connectivity index is 1.72. The number of amides is 2. The van der Waals surface area contributed by atoms with E-state index in [-0.39, 0.29) is 22.7 Å². The van der Waals surface area contributed by atoms with E-state index in [1.807, 2.05) is 9.80 Å². The molecule has 0 aromatic heterocycles. The highest BCUT2D eigenvalue weighted by atomic mass is 32.2. The van der Waals surface area contributed by atoms with Gasteiger partial charge in [0.15, 0.2) is 0 Å². The van der Waals surface area contributed by atoms with Crippen LogP contribution in [0.4, 0.5) is 0 Å². The zero-order valence-electron chi connectivity index (χ0n) is 12.3. The molecule has 20 heavy (non-hydrogen) atoms. The maximum absolute atomic E-state index is 12.8. The third kappa shape index (κ3) is 2.33. The van der Waals surface area contributed by atoms with Crippen molar-refractivity contribution in [2.45, 2.75) is 37.1 Å². The van der Waals surface area contributed by atoms with E-state index in [1.54, 1.807) is 11.8 Å². The number of rotatable bonds is 1. The molecular weight excluding hydrogens is 274 g/mol. The molecule has 3 aliphatic rings. The highest BCUT2D eigenvalue weighted by molar-refractivity contribution is 8.01. The first-order valence-corrected chi connectivity index (χ1v) is 8.43. The third-order valence-electron chi connectivity index (χ3n) is 4.76. The molecule has 0 saturated carbocycles. The fourth-order valence-corrected chi connectivity index (χ4v) is 4.90. The highest BCUT2D eigenvalue weighted by Crippen LogP contribution is 2.47. The van der Waals surface area contributed by atoms with Gasteiger partial charge in [-0.1, -0.05) is 0 Å². The molecule has 3 aliphatic heterocycles. The molecule has 2 amide bonds. The maximum Gasteiger partial charge on any atom is 0.246 e. The van der Waals surface area contributed by atoms with Gasteiger partial charge >= 0.3 is 0 Å². The molecular formula is C14H23N3O2S. The van der Waals surface area contributed by atoms with E-state index < -0.39 is 0 Å². The number of hydrogen-bond donors (Lipinski definition) is 0. The summed E-state index contributed by atoms with van der Waals surface area (Å²) in [6, 6.07) is -0.233. The number of fused-ring (bicyclic) bond motifs is 1. The quantitative estimate of drug-likeness (QED) is 0.711. The lowest BCUT2D eigenvalue weighted by Crippen LogP contribution is -2.52. The second-order valence-electron chi connectivity index (χ2n) is 6.25. The molecule has 0 bridgehead atoms. The van der Waals surface area contributed by atoms with E-state index in [2.05, 4.69) is 18.9 Å². The van der Waals surface area contributed by atoms with Gasteiger partial charge in [-0.05, 0) is 33.4 Å². The summed E-state index contributed by atoms with van der Waals surface area (Å²) in [7, 11) is 2.10. The number of carbonyl (C=O) groups excluding carboxylic acids is 2. The monoisotopic (exact) mass is 297 g/mol. The van der Waals surface area contributed by atoms with Crippen LogP contribution in [0.1, 0.15) is 26.2 Å². The average Bonchev–Trinajstić information content (AvgIpc) is 2.80. The second-order valence-corrected chi connectivity index (χ2v) is 7.75. The van der Waals surface area contributed by atoms with Gasteiger partial charge in [0.05, 0.1) is 4.87 Å². The molecule has 0 aromatic rings. The van der Waals surface area contributed by atoms with Crippen molar-refractivity contribution in [3.63, 3.8) is 0 Å². The predicted molar refractivity (Wildman–Crippen MR) is 79.4 cm³/mol. The molecule has 5 nitrogen and oxygen atoms in total. The minimum absolute atomic E-state index is 0.139. The van der Waals surface area contributed by atoms with Crippen LogP contribution in [-0.2, 0) is 9.59 Å². The smallest absolute Gasteiger partial charge is 0.246 e. The van der Waals surface area contributed by atoms with Crippen molar-refractivity contribution in [2.75, 3.05) is 39.0 Å². The van der Waals surface area contributed by atoms with Crippen LogP contribution in [0.15, 0.2) is 0 Å². The van der Waals surface area contributed by atoms with Crippen LogP contribution in [0.3, 0.4) is 0 Å². The van der Waals surface area contributed by atoms with Gasteiger partial charge in [0, 0.05) is 31.8 Å². The topological polar surface area (TPSA) is 43.9 Å². The van der Waals surface area contributed by atoms with Crippen LogP contribution >= 0.6 is 11.8 Å². The van der Waals surface area contributed by atoms with E-state index in [0.29, 0.717) is 6.42 Å². The molecule has 6 heteroatoms. The summed E-state index contributed by atoms with van der Waals surface area (Å²) < 4.78 is 0. The van der Waals surface area contributed by atoms with Crippen LogP contribution in [0.5, 0.6) is 0 Å². The molecule has 3 heterocycles. The molecule has 0 radical (unpaired) electrons. The number of thioether (sulfide) groups is 1. The highest BCUT2D eigenvalue weighted by Gasteiger charge is 2.53. The van der Waals surface area contributed by atoms with Crippen LogP contribution in [0, 0.1) is 0 Å². The summed E-state index contributed by atoms with van der Waals surface area (Å²) in [5.41, 5.74) is 0. The fourth-order valence-electron chi connectivity index (χ4n) is 3.48. The summed E-state index contributed by atoms with van der Waals surface area (Å²) in [4.78, 5) is 30.9. The Kier molecular flexibility index (Phi) is 3.71. The van der Waals surface area contributed by atoms with Crippen LogP contribution in [0.2, 0.25) is 0 Å². The first-order chi connectivity index (χ1) is 9.51. The van der Waals surface area contributed by atoms with Gasteiger partial charge in [0.1, 0.15) is 6.04 Å². The van der Waals surface area contributed by atoms with E-state index in [4.69, 9.17) is 0 Å². The number of hydrogen-bond acceptors (Lipinski definition) is 4. The van der Waals surface area contributed by atoms with E-state index >= 15 is 0 Å². The number of nitrogens with zero attached hydrogens (tertiary/aromatic N) is 3. The van der Waals surface area contributed by atoms with Crippen molar-refractivity contribution >= 4 is 23.6 Å². The van der Waals surface area contributed by atoms with Gasteiger partial charge in [-0.3, -0.25) is 9.59 Å². The normalized spacial score (nSPS) is 35.3. The Hall–Kier alpha value is -0.750. The zero-order valence-corrected chi connectivity index (χ0v) is 13.1. The van der Waals surface area contributed by atoms with Crippen LogP contribution in [-0.4, -0.2) is 76.4 Å². The summed E-state index contributed by atoms with van der Waals surface area (Å²) in [5.74, 6) is 1.07. The summed E-state index contributed by atoms with van der Waals surface area (Å²) in [6.07, 6.45) is 2.49. The maximum atomic E-state index is 12.8. The predicted octanol–water partition coefficient (Wildman–Crippen LogP) is 0.604. The van der Waals surface area contributed by atoms with Crippen molar-refractivity contribution in [1.82, 2.24) is 14.7 Å². The minimum atomic E-state index is -0.233. The second kappa shape index (κ2) is 5.22. The minimum Gasteiger partial charge on any atom is -0.340 e. The van der Waals surface area contributed by atoms with Gasteiger partial charge in [0.2, 0.25) is 11.8 Å². The first-order valence-electron chi connectivity index (χ1n) is 7.45. The molecule has 0 aliphatic carbocycles. The van der Waals surface area contributed by atoms with Crippen LogP contribution in [0.25, 0.3) is 0 Å². The Labute approximate surface area is 124 Å². The number of likely N-dealkylation sites (N-methyl/N-ethyl adjacent to an activating group) is 1. The van der Waals surface area contributed by atoms with E-state index in [9.17, 15) is 9.59 Å². The standard InChI is InChI=1S/C14H23N3O2S/c1-14-5-4-12(18)17(14)11(10-20-14)13(19)16-7-3-6-15(2)8-9-16/h11H,3-10H2,1-2H3. The molecule has 3 rings (SSSR count). The van der Waals surface area contributed by atoms with Crippen molar-refractivity contribution in [1.29, 1.82) is 0 Å². The first kappa shape index (κ1) is 14.2. The molecule has 3 saturated heterocycles. The lowest BCUT2D eigenvalue weighted by Gasteiger charge is -2.32. The molecule has 3 fully saturated rings. The summed E-state index contributed by atoms with van der Waals surface area (Å²) in [6.45, 7) is 5.69. The third-order valence-corrected chi connectivity index (χ3v) is 6.27. The molecule has 0 N–H and O–H groups in total. The summed E-state index contributed by atoms with van der Waals surface area (Å²) >= 11 is 1.77. The Morgan fingerprint density at radius 3 is 2.90 bits per heavy atom. The zero-order chi connectivity index (χ0) is 14.3. The SMILES string of the molecule is CN1CCCN(C(=O)C2CSC3(C)CCC(=O)N23)CC1. The van der Waals surface area contributed by atoms with E-state index in [1.165, 1.54) is 0 Å². The van der Waals surface area contributed by atoms with Gasteiger partial charge in [0.25, 0.3) is 0 Å². The molecule has 112 valence electrons. The fraction of sp³-hybridized carbons (Fsp3) is 0.857. The average molecular weight is 297 g/mol. The van der Waals surface area contributed by atoms with Gasteiger partial charge in [-0.2, -0.15) is 0 Å². The Morgan fingerprint density at radius 1 is 1.30 bits per heavy atom. The van der Waals surface area contributed by atoms with Gasteiger partial charge in [-0.25, -0.2) is 0 Å². The van der Waals surface area contributed by atoms with Crippen molar-refractivity contribution in [2.24, 2.45) is 0 Å². The van der Waals surface area contributed by atoms with Gasteiger partial charge < -0.3 is 14.7 Å².